The first kappa shape index (κ1) is 18.2. The summed E-state index contributed by atoms with van der Waals surface area (Å²) in [5, 5.41) is 19.3. The fourth-order valence-electron chi connectivity index (χ4n) is 3.35. The van der Waals surface area contributed by atoms with E-state index in [1.54, 1.807) is 6.33 Å². The van der Waals surface area contributed by atoms with Crippen LogP contribution in [0.4, 0.5) is 0 Å². The van der Waals surface area contributed by atoms with Crippen molar-refractivity contribution in [3.63, 3.8) is 0 Å². The number of furan rings is 1. The maximum Gasteiger partial charge on any atom is 0.198 e. The number of aliphatic hydroxyl groups excluding tert-OH is 1. The minimum absolute atomic E-state index is 0.00936. The lowest BCUT2D eigenvalue weighted by molar-refractivity contribution is -0.0976. The van der Waals surface area contributed by atoms with Crippen LogP contribution in [-0.4, -0.2) is 50.6 Å². The monoisotopic (exact) mass is 386 g/mol. The predicted octanol–water partition coefficient (Wildman–Crippen LogP) is 2.49. The predicted molar refractivity (Wildman–Crippen MR) is 100 cm³/mol. The third-order valence-corrected chi connectivity index (χ3v) is 5.61. The Labute approximate surface area is 162 Å². The second-order valence-electron chi connectivity index (χ2n) is 6.47. The Morgan fingerprint density at radius 3 is 2.81 bits per heavy atom. The second-order valence-corrected chi connectivity index (χ2v) is 7.44. The summed E-state index contributed by atoms with van der Waals surface area (Å²) in [6.45, 7) is 2.01. The quantitative estimate of drug-likeness (QED) is 0.697. The molecule has 0 amide bonds. The molecule has 27 heavy (non-hydrogen) atoms. The molecule has 0 spiro atoms. The average Bonchev–Trinajstić information content (AvgIpc) is 3.31. The van der Waals surface area contributed by atoms with Crippen molar-refractivity contribution in [3.05, 3.63) is 60.1 Å². The summed E-state index contributed by atoms with van der Waals surface area (Å²) < 4.78 is 13.7. The van der Waals surface area contributed by atoms with Gasteiger partial charge in [0.25, 0.3) is 0 Å². The van der Waals surface area contributed by atoms with Gasteiger partial charge in [-0.3, -0.25) is 4.90 Å². The number of rotatable bonds is 6. The summed E-state index contributed by atoms with van der Waals surface area (Å²) >= 11 is 1.45. The lowest BCUT2D eigenvalue weighted by Gasteiger charge is -2.40. The van der Waals surface area contributed by atoms with Crippen LogP contribution >= 0.6 is 11.8 Å². The van der Waals surface area contributed by atoms with Gasteiger partial charge in [0, 0.05) is 13.6 Å². The Morgan fingerprint density at radius 1 is 1.22 bits per heavy atom. The van der Waals surface area contributed by atoms with Gasteiger partial charge < -0.3 is 18.8 Å². The van der Waals surface area contributed by atoms with Crippen molar-refractivity contribution in [1.82, 2.24) is 19.7 Å². The molecule has 4 rings (SSSR count). The highest BCUT2D eigenvalue weighted by molar-refractivity contribution is 7.99. The van der Waals surface area contributed by atoms with Crippen LogP contribution in [0.1, 0.15) is 17.4 Å². The van der Waals surface area contributed by atoms with Gasteiger partial charge in [-0.15, -0.1) is 10.2 Å². The van der Waals surface area contributed by atoms with Crippen molar-refractivity contribution in [1.29, 1.82) is 0 Å². The van der Waals surface area contributed by atoms with E-state index < -0.39 is 0 Å². The van der Waals surface area contributed by atoms with Crippen molar-refractivity contribution >= 4 is 11.8 Å². The number of hydrogen-bond acceptors (Lipinski definition) is 7. The maximum absolute atomic E-state index is 9.79. The molecule has 1 aliphatic heterocycles. The number of aryl methyl sites for hydroxylation is 1. The molecule has 1 aromatic carbocycles. The van der Waals surface area contributed by atoms with Crippen LogP contribution in [0.25, 0.3) is 0 Å². The summed E-state index contributed by atoms with van der Waals surface area (Å²) in [5.41, 5.74) is 1.14. The van der Waals surface area contributed by atoms with E-state index in [2.05, 4.69) is 27.2 Å². The first-order valence-electron chi connectivity index (χ1n) is 8.86. The lowest BCUT2D eigenvalue weighted by atomic mass is 9.98. The third-order valence-electron chi connectivity index (χ3n) is 4.63. The molecular formula is C19H22N4O3S. The highest BCUT2D eigenvalue weighted by Crippen LogP contribution is 2.32. The van der Waals surface area contributed by atoms with Crippen LogP contribution < -0.4 is 0 Å². The summed E-state index contributed by atoms with van der Waals surface area (Å²) in [4.78, 5) is 2.30. The molecule has 0 aliphatic carbocycles. The number of morpholine rings is 1. The number of aliphatic hydroxyl groups is 1. The molecule has 0 radical (unpaired) electrons. The molecule has 2 atom stereocenters. The average molecular weight is 386 g/mol. The van der Waals surface area contributed by atoms with Crippen LogP contribution in [-0.2, 0) is 18.3 Å². The zero-order valence-corrected chi connectivity index (χ0v) is 15.9. The second kappa shape index (κ2) is 8.26. The standard InChI is InChI=1S/C19H22N4O3S/c1-22-13-20-21-19(22)27-17-8-7-15(26-17)11-23-9-10-25-16(12-24)18(23)14-5-3-2-4-6-14/h2-8,13,16,18,24H,9-12H2,1H3/t16-,18-/m1/s1. The minimum atomic E-state index is -0.247. The molecule has 3 aromatic rings. The molecule has 142 valence electrons. The van der Waals surface area contributed by atoms with E-state index in [1.807, 2.05) is 41.9 Å². The Morgan fingerprint density at radius 2 is 2.07 bits per heavy atom. The van der Waals surface area contributed by atoms with Crippen LogP contribution in [0.2, 0.25) is 0 Å². The van der Waals surface area contributed by atoms with Crippen LogP contribution in [0, 0.1) is 0 Å². The molecule has 0 saturated carbocycles. The Kier molecular flexibility index (Phi) is 5.58. The van der Waals surface area contributed by atoms with Crippen LogP contribution in [0.3, 0.4) is 0 Å². The first-order chi connectivity index (χ1) is 13.2. The Hall–Kier alpha value is -2.13. The number of hydrogen-bond donors (Lipinski definition) is 1. The molecule has 8 heteroatoms. The largest absolute Gasteiger partial charge is 0.453 e. The zero-order chi connectivity index (χ0) is 18.6. The van der Waals surface area contributed by atoms with E-state index in [4.69, 9.17) is 9.15 Å². The van der Waals surface area contributed by atoms with Gasteiger partial charge in [-0.1, -0.05) is 30.3 Å². The van der Waals surface area contributed by atoms with Gasteiger partial charge >= 0.3 is 0 Å². The SMILES string of the molecule is Cn1cnnc1Sc1ccc(CN2CCO[C@H](CO)[C@H]2c2ccccc2)o1. The lowest BCUT2D eigenvalue weighted by Crippen LogP contribution is -2.46. The normalized spacial score (nSPS) is 20.8. The molecule has 0 unspecified atom stereocenters. The van der Waals surface area contributed by atoms with Crippen molar-refractivity contribution in [2.24, 2.45) is 7.05 Å². The van der Waals surface area contributed by atoms with Crippen molar-refractivity contribution in [2.45, 2.75) is 28.9 Å². The molecule has 1 aliphatic rings. The fraction of sp³-hybridized carbons (Fsp3) is 0.368. The van der Waals surface area contributed by atoms with Gasteiger partial charge in [-0.05, 0) is 29.5 Å². The topological polar surface area (TPSA) is 76.6 Å². The minimum Gasteiger partial charge on any atom is -0.453 e. The first-order valence-corrected chi connectivity index (χ1v) is 9.68. The van der Waals surface area contributed by atoms with Crippen molar-refractivity contribution in [3.8, 4) is 0 Å². The molecule has 2 aromatic heterocycles. The van der Waals surface area contributed by atoms with Gasteiger partial charge in [0.1, 0.15) is 18.2 Å². The van der Waals surface area contributed by atoms with Gasteiger partial charge in [0.2, 0.25) is 0 Å². The van der Waals surface area contributed by atoms with Crippen molar-refractivity contribution in [2.75, 3.05) is 19.8 Å². The van der Waals surface area contributed by atoms with E-state index >= 15 is 0 Å². The molecule has 1 N–H and O–H groups in total. The van der Waals surface area contributed by atoms with E-state index in [0.717, 1.165) is 28.1 Å². The molecule has 1 fully saturated rings. The third kappa shape index (κ3) is 4.08. The highest BCUT2D eigenvalue weighted by atomic mass is 32.2. The summed E-state index contributed by atoms with van der Waals surface area (Å²) in [5.74, 6) is 0.874. The molecule has 3 heterocycles. The van der Waals surface area contributed by atoms with E-state index in [9.17, 15) is 5.11 Å². The van der Waals surface area contributed by atoms with E-state index in [1.165, 1.54) is 11.8 Å². The Bertz CT molecular complexity index is 867. The number of ether oxygens (including phenoxy) is 1. The van der Waals surface area contributed by atoms with E-state index in [0.29, 0.717) is 13.2 Å². The molecular weight excluding hydrogens is 364 g/mol. The number of aromatic nitrogens is 3. The molecule has 7 nitrogen and oxygen atoms in total. The van der Waals surface area contributed by atoms with Crippen molar-refractivity contribution < 1.29 is 14.3 Å². The number of nitrogens with zero attached hydrogens (tertiary/aromatic N) is 4. The Balaban J connectivity index is 1.51. The maximum atomic E-state index is 9.79. The number of benzene rings is 1. The smallest absolute Gasteiger partial charge is 0.198 e. The highest BCUT2D eigenvalue weighted by Gasteiger charge is 2.33. The van der Waals surface area contributed by atoms with Gasteiger partial charge in [-0.2, -0.15) is 0 Å². The zero-order valence-electron chi connectivity index (χ0n) is 15.1. The van der Waals surface area contributed by atoms with Crippen LogP contribution in [0.15, 0.2) is 63.5 Å². The molecule has 1 saturated heterocycles. The van der Waals surface area contributed by atoms with Gasteiger partial charge in [0.05, 0.1) is 25.8 Å². The van der Waals surface area contributed by atoms with Gasteiger partial charge in [0.15, 0.2) is 10.2 Å². The van der Waals surface area contributed by atoms with E-state index in [-0.39, 0.29) is 18.8 Å². The summed E-state index contributed by atoms with van der Waals surface area (Å²) in [7, 11) is 1.90. The summed E-state index contributed by atoms with van der Waals surface area (Å²) in [6.07, 6.45) is 1.42. The molecule has 0 bridgehead atoms. The van der Waals surface area contributed by atoms with Crippen LogP contribution in [0.5, 0.6) is 0 Å². The summed E-state index contributed by atoms with van der Waals surface area (Å²) in [6, 6.07) is 14.1. The van der Waals surface area contributed by atoms with Gasteiger partial charge in [-0.25, -0.2) is 0 Å². The fourth-order valence-corrected chi connectivity index (χ4v) is 4.09.